The molecule has 0 radical (unpaired) electrons. The van der Waals surface area contributed by atoms with Gasteiger partial charge in [-0.3, -0.25) is 14.5 Å². The zero-order valence-corrected chi connectivity index (χ0v) is 20.4. The summed E-state index contributed by atoms with van der Waals surface area (Å²) in [6.45, 7) is 4.41. The van der Waals surface area contributed by atoms with Crippen molar-refractivity contribution in [1.29, 1.82) is 0 Å². The Kier molecular flexibility index (Phi) is 11.5. The van der Waals surface area contributed by atoms with Crippen LogP contribution < -0.4 is 33.6 Å². The first-order chi connectivity index (χ1) is 16.6. The molecule has 1 rings (SSSR count). The van der Waals surface area contributed by atoms with Gasteiger partial charge in [-0.15, -0.1) is 0 Å². The van der Waals surface area contributed by atoms with Crippen molar-refractivity contribution < 1.29 is 39.6 Å². The quantitative estimate of drug-likeness (QED) is 0.110. The fourth-order valence-corrected chi connectivity index (χ4v) is 3.48. The van der Waals surface area contributed by atoms with Crippen LogP contribution in [0, 0.1) is 5.92 Å². The number of carbonyl (C=O) groups is 4. The predicted molar refractivity (Wildman–Crippen MR) is 127 cm³/mol. The number of hydrogen-bond acceptors (Lipinski definition) is 11. The zero-order valence-electron chi connectivity index (χ0n) is 20.4. The summed E-state index contributed by atoms with van der Waals surface area (Å²) in [4.78, 5) is 51.9. The number of aliphatic hydroxyl groups is 3. The minimum absolute atomic E-state index is 0.0436. The number of aliphatic hydroxyl groups excluding tert-OH is 3. The summed E-state index contributed by atoms with van der Waals surface area (Å²) < 4.78 is 0. The summed E-state index contributed by atoms with van der Waals surface area (Å²) >= 11 is 0. The van der Waals surface area contributed by atoms with Crippen LogP contribution in [0.15, 0.2) is 4.99 Å². The normalized spacial score (nSPS) is 21.5. The maximum atomic E-state index is 12.4. The average Bonchev–Trinajstić information content (AvgIpc) is 3.20. The van der Waals surface area contributed by atoms with E-state index in [0.717, 1.165) is 4.90 Å². The highest BCUT2D eigenvalue weighted by molar-refractivity contribution is 5.96. The summed E-state index contributed by atoms with van der Waals surface area (Å²) in [5, 5.41) is 44.7. The Morgan fingerprint density at radius 3 is 2.11 bits per heavy atom. The Bertz CT molecular complexity index is 841. The van der Waals surface area contributed by atoms with E-state index in [1.54, 1.807) is 13.8 Å². The number of aliphatic imine (C=N–C) groups is 1. The molecule has 0 spiro atoms. The molecule has 8 atom stereocenters. The first-order valence-corrected chi connectivity index (χ1v) is 11.4. The summed E-state index contributed by atoms with van der Waals surface area (Å²) in [5.41, 5.74) is 22.5. The van der Waals surface area contributed by atoms with Crippen LogP contribution >= 0.6 is 0 Å². The van der Waals surface area contributed by atoms with Crippen molar-refractivity contribution in [2.24, 2.45) is 33.8 Å². The smallest absolute Gasteiger partial charge is 0.326 e. The van der Waals surface area contributed by atoms with E-state index in [0.29, 0.717) is 0 Å². The molecule has 0 saturated carbocycles. The summed E-state index contributed by atoms with van der Waals surface area (Å²) in [5.74, 6) is -3.32. The van der Waals surface area contributed by atoms with E-state index in [9.17, 15) is 39.6 Å². The molecule has 16 heteroatoms. The van der Waals surface area contributed by atoms with Gasteiger partial charge in [0.15, 0.2) is 5.96 Å². The van der Waals surface area contributed by atoms with E-state index in [4.69, 9.17) is 22.9 Å². The number of aliphatic carboxylic acids is 1. The number of carboxylic acids is 1. The van der Waals surface area contributed by atoms with Crippen LogP contribution in [0.3, 0.4) is 0 Å². The van der Waals surface area contributed by atoms with Gasteiger partial charge in [-0.2, -0.15) is 0 Å². The van der Waals surface area contributed by atoms with E-state index >= 15 is 0 Å². The van der Waals surface area contributed by atoms with Crippen molar-refractivity contribution in [2.75, 3.05) is 6.54 Å². The summed E-state index contributed by atoms with van der Waals surface area (Å²) in [7, 11) is 0. The van der Waals surface area contributed by atoms with Crippen molar-refractivity contribution in [1.82, 2.24) is 15.5 Å². The van der Waals surface area contributed by atoms with Crippen LogP contribution in [0.4, 0.5) is 4.79 Å². The molecule has 16 nitrogen and oxygen atoms in total. The monoisotopic (exact) mass is 518 g/mol. The van der Waals surface area contributed by atoms with Crippen LogP contribution in [0.1, 0.15) is 33.6 Å². The SMILES string of the molecule is CC(C)[C@H](NC(=O)[C@H](C)NC(=O)C(N)C(N)CCC(O)C(O)C(O)C1CN(C(N)=O)C(N)=N1)C(=O)O. The van der Waals surface area contributed by atoms with Crippen molar-refractivity contribution >= 4 is 29.8 Å². The van der Waals surface area contributed by atoms with Gasteiger partial charge >= 0.3 is 12.0 Å². The second-order valence-corrected chi connectivity index (χ2v) is 9.12. The molecule has 0 bridgehead atoms. The van der Waals surface area contributed by atoms with Gasteiger partial charge < -0.3 is 54.0 Å². The number of primary amides is 1. The standard InChI is InChI=1S/C20H38N8O8/c1-7(2)13(18(34)35)27-16(32)8(3)25-17(33)12(22)9(21)4-5-11(29)15(31)14(30)10-6-28(20(24)36)19(23)26-10/h7-15,29-31H,4-6,21-22H2,1-3H3,(H2,23,26)(H2,24,36)(H,25,33)(H,27,32)(H,34,35)/t8-,9?,10?,11?,12?,13-,14?,15?/m0/s1. The molecule has 0 saturated heterocycles. The van der Waals surface area contributed by atoms with Crippen molar-refractivity contribution in [2.45, 2.75) is 82.1 Å². The molecule has 0 fully saturated rings. The zero-order chi connectivity index (χ0) is 27.9. The van der Waals surface area contributed by atoms with Crippen LogP contribution in [0.2, 0.25) is 0 Å². The van der Waals surface area contributed by atoms with Crippen LogP contribution in [-0.4, -0.2) is 110 Å². The number of carbonyl (C=O) groups excluding carboxylic acids is 3. The Hall–Kier alpha value is -3.05. The average molecular weight is 519 g/mol. The number of nitrogens with one attached hydrogen (secondary N) is 2. The molecule has 0 aromatic heterocycles. The van der Waals surface area contributed by atoms with E-state index in [-0.39, 0.29) is 31.3 Å². The maximum Gasteiger partial charge on any atom is 0.326 e. The largest absolute Gasteiger partial charge is 0.480 e. The molecule has 206 valence electrons. The molecule has 4 amide bonds. The third-order valence-electron chi connectivity index (χ3n) is 5.89. The Labute approximate surface area is 208 Å². The highest BCUT2D eigenvalue weighted by atomic mass is 16.4. The van der Waals surface area contributed by atoms with E-state index in [2.05, 4.69) is 15.6 Å². The van der Waals surface area contributed by atoms with Crippen molar-refractivity contribution in [3.8, 4) is 0 Å². The Morgan fingerprint density at radius 2 is 1.64 bits per heavy atom. The molecule has 1 aliphatic heterocycles. The number of nitrogens with two attached hydrogens (primary N) is 4. The molecule has 36 heavy (non-hydrogen) atoms. The third-order valence-corrected chi connectivity index (χ3v) is 5.89. The lowest BCUT2D eigenvalue weighted by atomic mass is 9.95. The number of hydrogen-bond donors (Lipinski definition) is 10. The van der Waals surface area contributed by atoms with Gasteiger partial charge in [0.25, 0.3) is 0 Å². The minimum Gasteiger partial charge on any atom is -0.480 e. The van der Waals surface area contributed by atoms with Gasteiger partial charge in [-0.05, 0) is 25.7 Å². The molecule has 0 aromatic carbocycles. The van der Waals surface area contributed by atoms with E-state index in [1.807, 2.05) is 0 Å². The van der Waals surface area contributed by atoms with Crippen LogP contribution in [0.25, 0.3) is 0 Å². The van der Waals surface area contributed by atoms with E-state index < -0.39 is 72.3 Å². The number of amides is 4. The number of nitrogens with zero attached hydrogens (tertiary/aromatic N) is 2. The Morgan fingerprint density at radius 1 is 1.06 bits per heavy atom. The van der Waals surface area contributed by atoms with Crippen molar-refractivity contribution in [3.63, 3.8) is 0 Å². The number of rotatable bonds is 13. The highest BCUT2D eigenvalue weighted by Crippen LogP contribution is 2.17. The fourth-order valence-electron chi connectivity index (χ4n) is 3.48. The topological polar surface area (TPSA) is 293 Å². The molecule has 0 aromatic rings. The van der Waals surface area contributed by atoms with Crippen molar-refractivity contribution in [3.05, 3.63) is 0 Å². The Balaban J connectivity index is 2.57. The second kappa shape index (κ2) is 13.3. The van der Waals surface area contributed by atoms with Gasteiger partial charge in [0, 0.05) is 6.04 Å². The minimum atomic E-state index is -1.68. The molecule has 1 heterocycles. The number of carboxylic acid groups (broad SMARTS) is 1. The first kappa shape index (κ1) is 31.0. The highest BCUT2D eigenvalue weighted by Gasteiger charge is 2.38. The van der Waals surface area contributed by atoms with Gasteiger partial charge in [0.05, 0.1) is 18.7 Å². The lowest BCUT2D eigenvalue weighted by molar-refractivity contribution is -0.143. The first-order valence-electron chi connectivity index (χ1n) is 11.4. The third kappa shape index (κ3) is 8.27. The lowest BCUT2D eigenvalue weighted by Crippen LogP contribution is -2.57. The van der Waals surface area contributed by atoms with Crippen LogP contribution in [0.5, 0.6) is 0 Å². The fraction of sp³-hybridized carbons (Fsp3) is 0.750. The van der Waals surface area contributed by atoms with E-state index in [1.165, 1.54) is 6.92 Å². The molecule has 1 aliphatic rings. The molecular weight excluding hydrogens is 480 g/mol. The molecular formula is C20H38N8O8. The summed E-state index contributed by atoms with van der Waals surface area (Å²) in [6.07, 6.45) is -4.93. The molecule has 14 N–H and O–H groups in total. The number of urea groups is 1. The van der Waals surface area contributed by atoms with Gasteiger partial charge in [-0.25, -0.2) is 14.6 Å². The second-order valence-electron chi connectivity index (χ2n) is 9.12. The summed E-state index contributed by atoms with van der Waals surface area (Å²) in [6, 6.07) is -6.41. The van der Waals surface area contributed by atoms with Gasteiger partial charge in [-0.1, -0.05) is 13.8 Å². The van der Waals surface area contributed by atoms with Gasteiger partial charge in [0.1, 0.15) is 30.3 Å². The molecule has 6 unspecified atom stereocenters. The maximum absolute atomic E-state index is 12.4. The predicted octanol–water partition coefficient (Wildman–Crippen LogP) is -4.69. The lowest BCUT2D eigenvalue weighted by Gasteiger charge is -2.27. The molecule has 0 aliphatic carbocycles. The van der Waals surface area contributed by atoms with Gasteiger partial charge in [0.2, 0.25) is 11.8 Å². The number of guanidine groups is 1. The van der Waals surface area contributed by atoms with Crippen LogP contribution in [-0.2, 0) is 14.4 Å².